The Morgan fingerprint density at radius 1 is 0.596 bits per heavy atom. The van der Waals surface area contributed by atoms with E-state index in [0.717, 1.165) is 73.8 Å². The third-order valence-corrected chi connectivity index (χ3v) is 10.7. The lowest BCUT2D eigenvalue weighted by Gasteiger charge is -2.23. The monoisotopic (exact) mass is 669 g/mol. The van der Waals surface area contributed by atoms with Crippen LogP contribution < -0.4 is 4.74 Å². The number of benzene rings is 6. The highest BCUT2D eigenvalue weighted by Crippen LogP contribution is 2.49. The molecule has 5 nitrogen and oxygen atoms in total. The van der Waals surface area contributed by atoms with Crippen molar-refractivity contribution in [2.24, 2.45) is 0 Å². The predicted octanol–water partition coefficient (Wildman–Crippen LogP) is 11.6. The highest BCUT2D eigenvalue weighted by atomic mass is 16.5. The van der Waals surface area contributed by atoms with Crippen LogP contribution in [0.15, 0.2) is 156 Å². The second-order valence-electron chi connectivity index (χ2n) is 13.8. The van der Waals surface area contributed by atoms with Crippen LogP contribution in [0.1, 0.15) is 35.7 Å². The molecular formula is C47H31N3O2. The Bertz CT molecular complexity index is 2910. The summed E-state index contributed by atoms with van der Waals surface area (Å²) in [5.41, 5.74) is 7.91. The van der Waals surface area contributed by atoms with Gasteiger partial charge in [-0.15, -0.1) is 0 Å². The molecule has 6 aromatic carbocycles. The molecule has 52 heavy (non-hydrogen) atoms. The van der Waals surface area contributed by atoms with Crippen molar-refractivity contribution in [2.45, 2.75) is 24.9 Å². The fraction of sp³-hybridized carbons (Fsp3) is 0.0851. The quantitative estimate of drug-likeness (QED) is 0.187. The van der Waals surface area contributed by atoms with Crippen LogP contribution in [0.3, 0.4) is 0 Å². The second kappa shape index (κ2) is 11.5. The summed E-state index contributed by atoms with van der Waals surface area (Å²) in [6.45, 7) is 0. The molecule has 1 aliphatic heterocycles. The topological polar surface area (TPSA) is 61.0 Å². The van der Waals surface area contributed by atoms with Crippen molar-refractivity contribution in [2.75, 3.05) is 0 Å². The molecule has 0 amide bonds. The van der Waals surface area contributed by atoms with E-state index < -0.39 is 0 Å². The second-order valence-corrected chi connectivity index (χ2v) is 13.8. The first-order chi connectivity index (χ1) is 25.7. The molecule has 3 aliphatic rings. The maximum Gasteiger partial charge on any atom is 0.164 e. The van der Waals surface area contributed by atoms with Crippen LogP contribution in [0.2, 0.25) is 0 Å². The van der Waals surface area contributed by atoms with Crippen molar-refractivity contribution in [1.82, 2.24) is 15.0 Å². The van der Waals surface area contributed by atoms with Crippen LogP contribution in [-0.4, -0.2) is 21.1 Å². The molecule has 0 bridgehead atoms. The van der Waals surface area contributed by atoms with E-state index in [-0.39, 0.29) is 12.0 Å². The third-order valence-electron chi connectivity index (χ3n) is 10.7. The van der Waals surface area contributed by atoms with Crippen molar-refractivity contribution in [1.29, 1.82) is 0 Å². The summed E-state index contributed by atoms with van der Waals surface area (Å²) in [6.07, 6.45) is 14.7. The number of para-hydroxylation sites is 1. The molecule has 2 unspecified atom stereocenters. The van der Waals surface area contributed by atoms with Gasteiger partial charge in [-0.2, -0.15) is 0 Å². The van der Waals surface area contributed by atoms with E-state index >= 15 is 0 Å². The van der Waals surface area contributed by atoms with Gasteiger partial charge < -0.3 is 9.15 Å². The molecule has 0 fully saturated rings. The lowest BCUT2D eigenvalue weighted by atomic mass is 9.83. The predicted molar refractivity (Wildman–Crippen MR) is 210 cm³/mol. The highest BCUT2D eigenvalue weighted by molar-refractivity contribution is 6.13. The van der Waals surface area contributed by atoms with Gasteiger partial charge in [0.05, 0.1) is 0 Å². The molecule has 0 radical (unpaired) electrons. The fourth-order valence-corrected chi connectivity index (χ4v) is 8.15. The number of rotatable bonds is 4. The number of hydrogen-bond donors (Lipinski definition) is 0. The summed E-state index contributed by atoms with van der Waals surface area (Å²) in [7, 11) is 0. The van der Waals surface area contributed by atoms with Crippen molar-refractivity contribution in [3.63, 3.8) is 0 Å². The van der Waals surface area contributed by atoms with Gasteiger partial charge in [0.2, 0.25) is 0 Å². The Morgan fingerprint density at radius 3 is 2.23 bits per heavy atom. The number of ether oxygens (including phenoxy) is 1. The first-order valence-corrected chi connectivity index (χ1v) is 17.9. The van der Waals surface area contributed by atoms with Gasteiger partial charge in [0, 0.05) is 39.0 Å². The zero-order valence-electron chi connectivity index (χ0n) is 28.2. The Morgan fingerprint density at radius 2 is 1.37 bits per heavy atom. The van der Waals surface area contributed by atoms with Gasteiger partial charge in [-0.1, -0.05) is 115 Å². The fourth-order valence-electron chi connectivity index (χ4n) is 8.15. The Hall–Kier alpha value is -6.59. The van der Waals surface area contributed by atoms with Crippen molar-refractivity contribution in [3.8, 4) is 28.5 Å². The molecule has 3 heterocycles. The number of allylic oxidation sites excluding steroid dienone is 6. The molecule has 2 aliphatic carbocycles. The third kappa shape index (κ3) is 4.66. The maximum atomic E-state index is 6.81. The maximum absolute atomic E-state index is 6.81. The van der Waals surface area contributed by atoms with E-state index in [9.17, 15) is 0 Å². The Balaban J connectivity index is 1.12. The smallest absolute Gasteiger partial charge is 0.164 e. The Kier molecular flexibility index (Phi) is 6.44. The van der Waals surface area contributed by atoms with Crippen molar-refractivity contribution >= 4 is 54.6 Å². The van der Waals surface area contributed by atoms with Crippen LogP contribution in [0.4, 0.5) is 0 Å². The molecule has 0 N–H and O–H groups in total. The molecule has 0 saturated heterocycles. The lowest BCUT2D eigenvalue weighted by molar-refractivity contribution is 0.278. The van der Waals surface area contributed by atoms with Crippen molar-refractivity contribution in [3.05, 3.63) is 169 Å². The van der Waals surface area contributed by atoms with E-state index in [1.54, 1.807) is 0 Å². The minimum Gasteiger partial charge on any atom is -0.484 e. The number of fused-ring (bicyclic) bond motifs is 8. The first kappa shape index (κ1) is 29.2. The SMILES string of the molecule is C1=CCCC(c2nc(-c3ccc4ccccc4c3)nc(-c3cc(C4=CC=CC5c6cc7ccccc7cc6OC45)cc4oc5ccccc5c34)n2)=C1. The zero-order valence-corrected chi connectivity index (χ0v) is 28.2. The molecule has 2 aromatic heterocycles. The summed E-state index contributed by atoms with van der Waals surface area (Å²) in [4.78, 5) is 15.6. The van der Waals surface area contributed by atoms with Crippen LogP contribution >= 0.6 is 0 Å². The van der Waals surface area contributed by atoms with Crippen LogP contribution in [-0.2, 0) is 0 Å². The van der Waals surface area contributed by atoms with Crippen LogP contribution in [0, 0.1) is 0 Å². The van der Waals surface area contributed by atoms with E-state index in [0.29, 0.717) is 17.5 Å². The summed E-state index contributed by atoms with van der Waals surface area (Å²) in [6, 6.07) is 40.3. The van der Waals surface area contributed by atoms with Gasteiger partial charge in [0.15, 0.2) is 17.5 Å². The van der Waals surface area contributed by atoms with E-state index in [2.05, 4.69) is 140 Å². The van der Waals surface area contributed by atoms with Gasteiger partial charge in [-0.05, 0) is 81.9 Å². The molecule has 5 heteroatoms. The van der Waals surface area contributed by atoms with Crippen LogP contribution in [0.5, 0.6) is 5.75 Å². The Labute approximate surface area is 299 Å². The average molecular weight is 670 g/mol. The summed E-state index contributed by atoms with van der Waals surface area (Å²) in [5.74, 6) is 3.00. The molecule has 8 aromatic rings. The molecule has 11 rings (SSSR count). The largest absolute Gasteiger partial charge is 0.484 e. The van der Waals surface area contributed by atoms with Gasteiger partial charge in [-0.3, -0.25) is 0 Å². The molecule has 0 saturated carbocycles. The van der Waals surface area contributed by atoms with E-state index in [4.69, 9.17) is 24.1 Å². The lowest BCUT2D eigenvalue weighted by Crippen LogP contribution is -2.21. The minimum absolute atomic E-state index is 0.101. The van der Waals surface area contributed by atoms with E-state index in [1.165, 1.54) is 21.7 Å². The number of furan rings is 1. The average Bonchev–Trinajstić information content (AvgIpc) is 3.77. The zero-order chi connectivity index (χ0) is 34.2. The van der Waals surface area contributed by atoms with E-state index in [1.807, 2.05) is 12.1 Å². The molecular weight excluding hydrogens is 639 g/mol. The number of aromatic nitrogens is 3. The summed E-state index contributed by atoms with van der Waals surface area (Å²) in [5, 5.41) is 6.74. The standard InChI is InChI=1S/C47H31N3O2/c1-2-12-29(13-3-1)45-48-46(33-22-21-28-11-4-5-14-30(28)23-33)50-47(49-45)39-25-34(27-42-43(39)37-17-8-9-20-40(37)51-42)35-18-10-19-36-38-24-31-15-6-7-16-32(31)26-41(38)52-44(35)36/h1-2,4-12,14-27,36,44H,3,13H2. The van der Waals surface area contributed by atoms with Gasteiger partial charge >= 0.3 is 0 Å². The number of hydrogen-bond acceptors (Lipinski definition) is 5. The molecule has 246 valence electrons. The number of nitrogens with zero attached hydrogens (tertiary/aromatic N) is 3. The normalized spacial score (nSPS) is 17.7. The first-order valence-electron chi connectivity index (χ1n) is 17.9. The van der Waals surface area contributed by atoms with Gasteiger partial charge in [0.25, 0.3) is 0 Å². The van der Waals surface area contributed by atoms with Gasteiger partial charge in [0.1, 0.15) is 23.0 Å². The molecule has 2 atom stereocenters. The van der Waals surface area contributed by atoms with Crippen LogP contribution in [0.25, 0.3) is 77.4 Å². The minimum atomic E-state index is -0.173. The van der Waals surface area contributed by atoms with Gasteiger partial charge in [-0.25, -0.2) is 15.0 Å². The van der Waals surface area contributed by atoms with Crippen molar-refractivity contribution < 1.29 is 9.15 Å². The summed E-state index contributed by atoms with van der Waals surface area (Å²) >= 11 is 0. The molecule has 0 spiro atoms. The highest BCUT2D eigenvalue weighted by Gasteiger charge is 2.38. The summed E-state index contributed by atoms with van der Waals surface area (Å²) < 4.78 is 13.4.